The van der Waals surface area contributed by atoms with E-state index in [0.717, 1.165) is 0 Å². The van der Waals surface area contributed by atoms with Crippen molar-refractivity contribution in [1.29, 1.82) is 0 Å². The number of rotatable bonds is 2. The fourth-order valence-corrected chi connectivity index (χ4v) is 1.20. The molecule has 82 valence electrons. The summed E-state index contributed by atoms with van der Waals surface area (Å²) in [6.45, 7) is 1.65. The molecule has 0 bridgehead atoms. The van der Waals surface area contributed by atoms with Gasteiger partial charge in [0.25, 0.3) is 5.91 Å². The van der Waals surface area contributed by atoms with Crippen molar-refractivity contribution in [1.82, 2.24) is 15.1 Å². The molecule has 0 aliphatic carbocycles. The van der Waals surface area contributed by atoms with Crippen molar-refractivity contribution in [3.05, 3.63) is 34.9 Å². The van der Waals surface area contributed by atoms with E-state index in [2.05, 4.69) is 20.4 Å². The Morgan fingerprint density at radius 1 is 1.56 bits per heavy atom. The van der Waals surface area contributed by atoms with E-state index in [1.807, 2.05) is 0 Å². The third-order valence-electron chi connectivity index (χ3n) is 1.70. The molecule has 0 fully saturated rings. The van der Waals surface area contributed by atoms with Gasteiger partial charge in [-0.15, -0.1) is 0 Å². The van der Waals surface area contributed by atoms with Gasteiger partial charge in [-0.3, -0.25) is 15.1 Å². The van der Waals surface area contributed by atoms with Crippen molar-refractivity contribution in [2.24, 2.45) is 0 Å². The van der Waals surface area contributed by atoms with E-state index in [9.17, 15) is 4.79 Å². The lowest BCUT2D eigenvalue weighted by atomic mass is 10.3. The van der Waals surface area contributed by atoms with Crippen LogP contribution in [0.4, 0.5) is 6.01 Å². The summed E-state index contributed by atoms with van der Waals surface area (Å²) in [5, 5.41) is 6.37. The number of amides is 1. The summed E-state index contributed by atoms with van der Waals surface area (Å²) in [7, 11) is 0. The molecule has 1 amide bonds. The molecule has 0 aliphatic heterocycles. The van der Waals surface area contributed by atoms with E-state index in [1.165, 1.54) is 12.3 Å². The van der Waals surface area contributed by atoms with Crippen LogP contribution in [-0.2, 0) is 0 Å². The number of pyridine rings is 1. The first kappa shape index (κ1) is 10.6. The van der Waals surface area contributed by atoms with E-state index in [1.54, 1.807) is 13.0 Å². The molecule has 0 saturated heterocycles. The normalized spacial score (nSPS) is 10.1. The van der Waals surface area contributed by atoms with Gasteiger partial charge in [0.15, 0.2) is 5.82 Å². The van der Waals surface area contributed by atoms with Crippen LogP contribution < -0.4 is 5.32 Å². The summed E-state index contributed by atoms with van der Waals surface area (Å²) in [5.41, 5.74) is 0.184. The molecule has 6 nitrogen and oxygen atoms in total. The molecule has 2 aromatic heterocycles. The molecule has 0 aliphatic rings. The molecule has 0 unspecified atom stereocenters. The Morgan fingerprint density at radius 3 is 3.00 bits per heavy atom. The van der Waals surface area contributed by atoms with E-state index < -0.39 is 5.91 Å². The monoisotopic (exact) mass is 238 g/mol. The third kappa shape index (κ3) is 2.34. The topological polar surface area (TPSA) is 80.9 Å². The van der Waals surface area contributed by atoms with Gasteiger partial charge in [-0.1, -0.05) is 16.8 Å². The second kappa shape index (κ2) is 4.28. The van der Waals surface area contributed by atoms with Crippen LogP contribution in [0.3, 0.4) is 0 Å². The smallest absolute Gasteiger partial charge is 0.315 e. The number of carbonyl (C=O) groups is 1. The van der Waals surface area contributed by atoms with Gasteiger partial charge in [0, 0.05) is 11.2 Å². The highest BCUT2D eigenvalue weighted by atomic mass is 35.5. The average molecular weight is 239 g/mol. The highest BCUT2D eigenvalue weighted by Crippen LogP contribution is 2.10. The molecule has 0 aromatic carbocycles. The summed E-state index contributed by atoms with van der Waals surface area (Å²) in [4.78, 5) is 19.3. The van der Waals surface area contributed by atoms with E-state index >= 15 is 0 Å². The predicted octanol–water partition coefficient (Wildman–Crippen LogP) is 1.68. The minimum absolute atomic E-state index is 0.0317. The fourth-order valence-electron chi connectivity index (χ4n) is 1.04. The molecule has 2 heterocycles. The van der Waals surface area contributed by atoms with Gasteiger partial charge in [0.2, 0.25) is 0 Å². The lowest BCUT2D eigenvalue weighted by molar-refractivity contribution is 0.101. The number of hydrogen-bond acceptors (Lipinski definition) is 5. The van der Waals surface area contributed by atoms with Crippen molar-refractivity contribution in [2.75, 3.05) is 5.32 Å². The van der Waals surface area contributed by atoms with Crippen LogP contribution in [0.25, 0.3) is 0 Å². The quantitative estimate of drug-likeness (QED) is 0.861. The summed E-state index contributed by atoms with van der Waals surface area (Å²) in [6.07, 6.45) is 1.44. The number of anilines is 1. The van der Waals surface area contributed by atoms with Crippen LogP contribution >= 0.6 is 11.6 Å². The van der Waals surface area contributed by atoms with Crippen molar-refractivity contribution < 1.29 is 9.32 Å². The number of hydrogen-bond donors (Lipinski definition) is 1. The van der Waals surface area contributed by atoms with Gasteiger partial charge in [0.05, 0.1) is 0 Å². The summed E-state index contributed by atoms with van der Waals surface area (Å²) in [6, 6.07) is 3.05. The second-order valence-corrected chi connectivity index (χ2v) is 3.40. The lowest BCUT2D eigenvalue weighted by Crippen LogP contribution is -2.13. The average Bonchev–Trinajstić information content (AvgIpc) is 2.64. The highest BCUT2D eigenvalue weighted by molar-refractivity contribution is 6.30. The SMILES string of the molecule is Cc1noc(NC(=O)c2cc(Cl)ccn2)n1. The number of halogens is 1. The number of nitrogens with one attached hydrogen (secondary N) is 1. The van der Waals surface area contributed by atoms with Crippen molar-refractivity contribution in [3.63, 3.8) is 0 Å². The van der Waals surface area contributed by atoms with Crippen LogP contribution in [-0.4, -0.2) is 21.0 Å². The number of carbonyl (C=O) groups excluding carboxylic acids is 1. The van der Waals surface area contributed by atoms with Crippen LogP contribution in [0.15, 0.2) is 22.9 Å². The Kier molecular flexibility index (Phi) is 2.82. The minimum atomic E-state index is -0.453. The molecule has 16 heavy (non-hydrogen) atoms. The molecule has 0 radical (unpaired) electrons. The lowest BCUT2D eigenvalue weighted by Gasteiger charge is -1.99. The van der Waals surface area contributed by atoms with Gasteiger partial charge >= 0.3 is 6.01 Å². The highest BCUT2D eigenvalue weighted by Gasteiger charge is 2.11. The van der Waals surface area contributed by atoms with Crippen LogP contribution in [0, 0.1) is 6.92 Å². The summed E-state index contributed by atoms with van der Waals surface area (Å²) in [5.74, 6) is -0.0134. The maximum absolute atomic E-state index is 11.6. The third-order valence-corrected chi connectivity index (χ3v) is 1.94. The first-order chi connectivity index (χ1) is 7.65. The summed E-state index contributed by atoms with van der Waals surface area (Å²) < 4.78 is 4.73. The van der Waals surface area contributed by atoms with Gasteiger partial charge < -0.3 is 4.52 Å². The predicted molar refractivity (Wildman–Crippen MR) is 56.2 cm³/mol. The molecule has 0 atom stereocenters. The summed E-state index contributed by atoms with van der Waals surface area (Å²) >= 11 is 5.72. The molecular weight excluding hydrogens is 232 g/mol. The molecule has 1 N–H and O–H groups in total. The van der Waals surface area contributed by atoms with Gasteiger partial charge in [-0.2, -0.15) is 4.98 Å². The van der Waals surface area contributed by atoms with E-state index in [-0.39, 0.29) is 11.7 Å². The van der Waals surface area contributed by atoms with Crippen LogP contribution in [0.1, 0.15) is 16.3 Å². The molecule has 0 saturated carbocycles. The van der Waals surface area contributed by atoms with Crippen molar-refractivity contribution in [3.8, 4) is 0 Å². The fraction of sp³-hybridized carbons (Fsp3) is 0.111. The number of nitrogens with zero attached hydrogens (tertiary/aromatic N) is 3. The van der Waals surface area contributed by atoms with Crippen molar-refractivity contribution >= 4 is 23.5 Å². The molecule has 2 rings (SSSR count). The van der Waals surface area contributed by atoms with Crippen LogP contribution in [0.5, 0.6) is 0 Å². The van der Waals surface area contributed by atoms with Crippen molar-refractivity contribution in [2.45, 2.75) is 6.92 Å². The zero-order valence-corrected chi connectivity index (χ0v) is 9.02. The maximum Gasteiger partial charge on any atom is 0.328 e. The second-order valence-electron chi connectivity index (χ2n) is 2.96. The zero-order chi connectivity index (χ0) is 11.5. The largest absolute Gasteiger partial charge is 0.328 e. The molecule has 7 heteroatoms. The Morgan fingerprint density at radius 2 is 2.38 bits per heavy atom. The molecule has 0 spiro atoms. The Labute approximate surface area is 95.6 Å². The number of aryl methyl sites for hydroxylation is 1. The Balaban J connectivity index is 2.14. The molecular formula is C9H7ClN4O2. The first-order valence-electron chi connectivity index (χ1n) is 4.38. The standard InChI is InChI=1S/C9H7ClN4O2/c1-5-12-9(16-14-5)13-8(15)7-4-6(10)2-3-11-7/h2-4H,1H3,(H,12,13,14,15). The van der Waals surface area contributed by atoms with Gasteiger partial charge in [-0.05, 0) is 19.1 Å². The zero-order valence-electron chi connectivity index (χ0n) is 8.27. The van der Waals surface area contributed by atoms with Gasteiger partial charge in [0.1, 0.15) is 5.69 Å². The maximum atomic E-state index is 11.6. The Hall–Kier alpha value is -1.95. The van der Waals surface area contributed by atoms with Gasteiger partial charge in [-0.25, -0.2) is 0 Å². The molecule has 2 aromatic rings. The first-order valence-corrected chi connectivity index (χ1v) is 4.76. The van der Waals surface area contributed by atoms with E-state index in [4.69, 9.17) is 16.1 Å². The Bertz CT molecular complexity index is 526. The van der Waals surface area contributed by atoms with E-state index in [0.29, 0.717) is 10.8 Å². The number of aromatic nitrogens is 3. The van der Waals surface area contributed by atoms with Crippen LogP contribution in [0.2, 0.25) is 5.02 Å². The minimum Gasteiger partial charge on any atom is -0.315 e.